The second-order valence-corrected chi connectivity index (χ2v) is 7.47. The van der Waals surface area contributed by atoms with Crippen LogP contribution in [0.1, 0.15) is 39.2 Å². The van der Waals surface area contributed by atoms with Gasteiger partial charge in [-0.2, -0.15) is 0 Å². The van der Waals surface area contributed by atoms with Crippen LogP contribution in [-0.4, -0.2) is 34.0 Å². The largest absolute Gasteiger partial charge is 0.379 e. The molecule has 1 aromatic heterocycles. The Morgan fingerprint density at radius 3 is 2.72 bits per heavy atom. The highest BCUT2D eigenvalue weighted by atomic mass is 19.1. The Kier molecular flexibility index (Phi) is 6.99. The Balaban J connectivity index is 1.85. The molecule has 1 aromatic carbocycles. The number of nitrogens with two attached hydrogens (primary N) is 1. The van der Waals surface area contributed by atoms with Gasteiger partial charge >= 0.3 is 0 Å². The SMILES string of the molecule is C\C=C(NCc1ccc2nccnc2c1)/C(=C(F)\C=C(/C)CC)N1CCC(N)C1. The molecule has 5 nitrogen and oxygen atoms in total. The Bertz CT molecular complexity index is 947. The molecule has 0 amide bonds. The van der Waals surface area contributed by atoms with Gasteiger partial charge < -0.3 is 16.0 Å². The molecular formula is C23H30FN5. The van der Waals surface area contributed by atoms with Crippen LogP contribution in [0.5, 0.6) is 0 Å². The fourth-order valence-corrected chi connectivity index (χ4v) is 3.47. The molecule has 154 valence electrons. The highest BCUT2D eigenvalue weighted by molar-refractivity contribution is 5.74. The predicted molar refractivity (Wildman–Crippen MR) is 116 cm³/mol. The van der Waals surface area contributed by atoms with Gasteiger partial charge in [0.15, 0.2) is 0 Å². The van der Waals surface area contributed by atoms with E-state index in [1.807, 2.05) is 49.9 Å². The van der Waals surface area contributed by atoms with Gasteiger partial charge in [-0.1, -0.05) is 24.6 Å². The molecule has 1 aliphatic rings. The van der Waals surface area contributed by atoms with Crippen LogP contribution in [0.3, 0.4) is 0 Å². The van der Waals surface area contributed by atoms with Gasteiger partial charge in [-0.3, -0.25) is 9.97 Å². The summed E-state index contributed by atoms with van der Waals surface area (Å²) in [5, 5.41) is 3.42. The molecule has 1 fully saturated rings. The van der Waals surface area contributed by atoms with Crippen molar-refractivity contribution in [2.75, 3.05) is 13.1 Å². The zero-order valence-corrected chi connectivity index (χ0v) is 17.5. The average molecular weight is 396 g/mol. The lowest BCUT2D eigenvalue weighted by Crippen LogP contribution is -2.30. The number of nitrogens with one attached hydrogen (secondary N) is 1. The van der Waals surface area contributed by atoms with Crippen LogP contribution >= 0.6 is 0 Å². The first-order valence-electron chi connectivity index (χ1n) is 10.2. The number of fused-ring (bicyclic) bond motifs is 1. The van der Waals surface area contributed by atoms with Crippen molar-refractivity contribution in [2.24, 2.45) is 5.73 Å². The van der Waals surface area contributed by atoms with E-state index in [1.54, 1.807) is 18.5 Å². The molecule has 1 saturated heterocycles. The standard InChI is InChI=1S/C23H30FN5/c1-4-16(3)12-19(24)23(29-11-8-18(25)15-29)20(5-2)28-14-17-6-7-21-22(13-17)27-10-9-26-21/h5-7,9-10,12-13,18,28H,4,8,11,14-15,25H2,1-3H3/b16-12+,20-5+,23-19-. The Morgan fingerprint density at radius 2 is 2.07 bits per heavy atom. The van der Waals surface area contributed by atoms with Crippen molar-refractivity contribution >= 4 is 11.0 Å². The molecule has 1 aliphatic heterocycles. The predicted octanol–water partition coefficient (Wildman–Crippen LogP) is 4.19. The van der Waals surface area contributed by atoms with Gasteiger partial charge in [0, 0.05) is 38.1 Å². The summed E-state index contributed by atoms with van der Waals surface area (Å²) in [6, 6.07) is 6.06. The van der Waals surface area contributed by atoms with Gasteiger partial charge in [0.05, 0.1) is 22.4 Å². The number of hydrogen-bond donors (Lipinski definition) is 2. The van der Waals surface area contributed by atoms with Gasteiger partial charge in [0.25, 0.3) is 0 Å². The zero-order chi connectivity index (χ0) is 20.8. The maximum absolute atomic E-state index is 15.3. The fourth-order valence-electron chi connectivity index (χ4n) is 3.47. The summed E-state index contributed by atoms with van der Waals surface area (Å²) in [7, 11) is 0. The van der Waals surface area contributed by atoms with E-state index >= 15 is 4.39 Å². The van der Waals surface area contributed by atoms with E-state index in [-0.39, 0.29) is 11.9 Å². The molecule has 0 bridgehead atoms. The molecule has 0 aliphatic carbocycles. The van der Waals surface area contributed by atoms with Crippen LogP contribution in [0, 0.1) is 0 Å². The smallest absolute Gasteiger partial charge is 0.148 e. The van der Waals surface area contributed by atoms with E-state index in [4.69, 9.17) is 5.73 Å². The minimum atomic E-state index is -0.219. The Labute approximate surface area is 172 Å². The van der Waals surface area contributed by atoms with Gasteiger partial charge in [0.1, 0.15) is 5.83 Å². The topological polar surface area (TPSA) is 67.1 Å². The maximum atomic E-state index is 15.3. The minimum absolute atomic E-state index is 0.0752. The summed E-state index contributed by atoms with van der Waals surface area (Å²) in [5.74, 6) is -0.219. The molecule has 2 aromatic rings. The number of halogens is 1. The molecule has 3 rings (SSSR count). The molecule has 1 unspecified atom stereocenters. The lowest BCUT2D eigenvalue weighted by molar-refractivity contribution is 0.402. The van der Waals surface area contributed by atoms with Gasteiger partial charge in [-0.25, -0.2) is 4.39 Å². The molecule has 29 heavy (non-hydrogen) atoms. The number of allylic oxidation sites excluding steroid dienone is 4. The van der Waals surface area contributed by atoms with Crippen molar-refractivity contribution in [3.63, 3.8) is 0 Å². The molecule has 0 radical (unpaired) electrons. The monoisotopic (exact) mass is 395 g/mol. The summed E-state index contributed by atoms with van der Waals surface area (Å²) < 4.78 is 15.3. The maximum Gasteiger partial charge on any atom is 0.148 e. The van der Waals surface area contributed by atoms with Crippen LogP contribution in [0.4, 0.5) is 4.39 Å². The number of hydrogen-bond acceptors (Lipinski definition) is 5. The second kappa shape index (κ2) is 9.65. The van der Waals surface area contributed by atoms with Crippen LogP contribution in [0.25, 0.3) is 11.0 Å². The first-order chi connectivity index (χ1) is 14.0. The van der Waals surface area contributed by atoms with E-state index in [0.717, 1.165) is 47.3 Å². The van der Waals surface area contributed by atoms with Crippen molar-refractivity contribution in [1.29, 1.82) is 0 Å². The van der Waals surface area contributed by atoms with Crippen LogP contribution < -0.4 is 11.1 Å². The third kappa shape index (κ3) is 5.21. The van der Waals surface area contributed by atoms with E-state index in [9.17, 15) is 0 Å². The third-order valence-corrected chi connectivity index (χ3v) is 5.26. The van der Waals surface area contributed by atoms with E-state index in [1.165, 1.54) is 0 Å². The van der Waals surface area contributed by atoms with Crippen molar-refractivity contribution in [3.05, 3.63) is 71.1 Å². The van der Waals surface area contributed by atoms with Crippen LogP contribution in [0.2, 0.25) is 0 Å². The quantitative estimate of drug-likeness (QED) is 0.688. The van der Waals surface area contributed by atoms with E-state index in [0.29, 0.717) is 18.8 Å². The Morgan fingerprint density at radius 1 is 1.31 bits per heavy atom. The average Bonchev–Trinajstić information content (AvgIpc) is 3.16. The van der Waals surface area contributed by atoms with Crippen molar-refractivity contribution in [1.82, 2.24) is 20.2 Å². The highest BCUT2D eigenvalue weighted by Gasteiger charge is 2.25. The first-order valence-corrected chi connectivity index (χ1v) is 10.2. The highest BCUT2D eigenvalue weighted by Crippen LogP contribution is 2.26. The number of nitrogens with zero attached hydrogens (tertiary/aromatic N) is 3. The molecule has 6 heteroatoms. The summed E-state index contributed by atoms with van der Waals surface area (Å²) in [6.45, 7) is 7.89. The van der Waals surface area contributed by atoms with Crippen molar-refractivity contribution in [3.8, 4) is 0 Å². The van der Waals surface area contributed by atoms with Crippen LogP contribution in [-0.2, 0) is 6.54 Å². The summed E-state index contributed by atoms with van der Waals surface area (Å²) in [6.07, 6.45) is 8.62. The third-order valence-electron chi connectivity index (χ3n) is 5.26. The van der Waals surface area contributed by atoms with E-state index in [2.05, 4.69) is 15.3 Å². The first kappa shape index (κ1) is 21.0. The molecular weight excluding hydrogens is 365 g/mol. The van der Waals surface area contributed by atoms with Gasteiger partial charge in [-0.15, -0.1) is 0 Å². The summed E-state index contributed by atoms with van der Waals surface area (Å²) in [4.78, 5) is 10.7. The zero-order valence-electron chi connectivity index (χ0n) is 17.5. The molecule has 1 atom stereocenters. The van der Waals surface area contributed by atoms with Crippen molar-refractivity contribution < 1.29 is 4.39 Å². The minimum Gasteiger partial charge on any atom is -0.379 e. The lowest BCUT2D eigenvalue weighted by atomic mass is 10.1. The molecule has 3 N–H and O–H groups in total. The second-order valence-electron chi connectivity index (χ2n) is 7.47. The van der Waals surface area contributed by atoms with Gasteiger partial charge in [0.2, 0.25) is 0 Å². The number of likely N-dealkylation sites (tertiary alicyclic amines) is 1. The number of aromatic nitrogens is 2. The molecule has 2 heterocycles. The summed E-state index contributed by atoms with van der Waals surface area (Å²) >= 11 is 0. The molecule has 0 spiro atoms. The molecule has 0 saturated carbocycles. The fraction of sp³-hybridized carbons (Fsp3) is 0.391. The summed E-state index contributed by atoms with van der Waals surface area (Å²) in [5.41, 5.74) is 11.2. The normalized spacial score (nSPS) is 18.9. The van der Waals surface area contributed by atoms with E-state index < -0.39 is 0 Å². The number of benzene rings is 1. The lowest BCUT2D eigenvalue weighted by Gasteiger charge is -2.25. The van der Waals surface area contributed by atoms with Crippen molar-refractivity contribution in [2.45, 2.75) is 46.2 Å². The van der Waals surface area contributed by atoms with Gasteiger partial charge in [-0.05, 0) is 50.5 Å². The van der Waals surface area contributed by atoms with Crippen LogP contribution in [0.15, 0.2) is 65.5 Å². The Hall–Kier alpha value is -2.73. The number of rotatable bonds is 7.